The number of nitrogens with zero attached hydrogens (tertiary/aromatic N) is 2. The third-order valence-electron chi connectivity index (χ3n) is 4.24. The third-order valence-corrected chi connectivity index (χ3v) is 4.24. The minimum absolute atomic E-state index is 0.585. The van der Waals surface area contributed by atoms with Crippen LogP contribution >= 0.6 is 0 Å². The number of imidazole rings is 1. The van der Waals surface area contributed by atoms with Crippen LogP contribution in [0.15, 0.2) is 6.33 Å². The monoisotopic (exact) mass is 234 g/mol. The summed E-state index contributed by atoms with van der Waals surface area (Å²) in [6.07, 6.45) is 5.61. The van der Waals surface area contributed by atoms with Crippen molar-refractivity contribution < 1.29 is 0 Å². The molecule has 0 amide bonds. The van der Waals surface area contributed by atoms with Gasteiger partial charge in [0.1, 0.15) is 0 Å². The van der Waals surface area contributed by atoms with Crippen molar-refractivity contribution in [1.29, 1.82) is 0 Å². The first-order chi connectivity index (χ1) is 8.35. The van der Waals surface area contributed by atoms with Gasteiger partial charge >= 0.3 is 0 Å². The van der Waals surface area contributed by atoms with E-state index in [1.807, 2.05) is 6.33 Å². The number of aromatic nitrogens is 2. The van der Waals surface area contributed by atoms with Gasteiger partial charge in [-0.1, -0.05) is 13.3 Å². The van der Waals surface area contributed by atoms with Crippen molar-refractivity contribution in [2.75, 3.05) is 19.6 Å². The first-order valence-electron chi connectivity index (χ1n) is 6.82. The Morgan fingerprint density at radius 2 is 2.47 bits per heavy atom. The Morgan fingerprint density at radius 3 is 3.29 bits per heavy atom. The number of fused-ring (bicyclic) bond motifs is 1. The fraction of sp³-hybridized carbons (Fsp3) is 0.769. The van der Waals surface area contributed by atoms with Gasteiger partial charge in [0.2, 0.25) is 0 Å². The van der Waals surface area contributed by atoms with Gasteiger partial charge in [-0.2, -0.15) is 0 Å². The Hall–Kier alpha value is -0.870. The van der Waals surface area contributed by atoms with Crippen LogP contribution in [0.4, 0.5) is 0 Å². The zero-order valence-corrected chi connectivity index (χ0v) is 10.6. The van der Waals surface area contributed by atoms with E-state index in [1.54, 1.807) is 0 Å². The van der Waals surface area contributed by atoms with Crippen LogP contribution in [0.1, 0.15) is 31.2 Å². The van der Waals surface area contributed by atoms with Gasteiger partial charge in [0.15, 0.2) is 0 Å². The lowest BCUT2D eigenvalue weighted by Crippen LogP contribution is -2.44. The lowest BCUT2D eigenvalue weighted by molar-refractivity contribution is 0.271. The summed E-state index contributed by atoms with van der Waals surface area (Å²) in [4.78, 5) is 10.2. The summed E-state index contributed by atoms with van der Waals surface area (Å²) in [6.45, 7) is 7.02. The second kappa shape index (κ2) is 4.78. The molecule has 0 spiro atoms. The van der Waals surface area contributed by atoms with Gasteiger partial charge in [-0.3, -0.25) is 0 Å². The van der Waals surface area contributed by atoms with Gasteiger partial charge in [-0.15, -0.1) is 0 Å². The second-order valence-electron chi connectivity index (χ2n) is 5.43. The Kier molecular flexibility index (Phi) is 3.16. The maximum absolute atomic E-state index is 4.40. The number of aromatic amines is 1. The number of likely N-dealkylation sites (tertiary alicyclic amines) is 1. The summed E-state index contributed by atoms with van der Waals surface area (Å²) in [5, 5.41) is 3.61. The topological polar surface area (TPSA) is 44.0 Å². The normalized spacial score (nSPS) is 29.5. The molecule has 2 aliphatic rings. The molecule has 0 aromatic carbocycles. The summed E-state index contributed by atoms with van der Waals surface area (Å²) in [5.74, 6) is 0.930. The standard InChI is InChI=1S/C13H22N4/c1-2-10-3-4-17(7-10)8-11-5-12-13(6-14-11)16-9-15-12/h9-11,14H,2-8H2,1H3,(H,15,16). The molecule has 0 bridgehead atoms. The van der Waals surface area contributed by atoms with Crippen LogP contribution in [-0.4, -0.2) is 40.5 Å². The molecular formula is C13H22N4. The summed E-state index contributed by atoms with van der Waals surface area (Å²) >= 11 is 0. The molecule has 17 heavy (non-hydrogen) atoms. The molecule has 1 aromatic heterocycles. The minimum atomic E-state index is 0.585. The Labute approximate surface area is 103 Å². The molecule has 4 heteroatoms. The molecule has 1 saturated heterocycles. The summed E-state index contributed by atoms with van der Waals surface area (Å²) in [6, 6.07) is 0.585. The van der Waals surface area contributed by atoms with Gasteiger partial charge in [-0.25, -0.2) is 4.98 Å². The van der Waals surface area contributed by atoms with Crippen molar-refractivity contribution in [3.8, 4) is 0 Å². The fourth-order valence-corrected chi connectivity index (χ4v) is 3.08. The quantitative estimate of drug-likeness (QED) is 0.825. The molecule has 4 nitrogen and oxygen atoms in total. The van der Waals surface area contributed by atoms with Crippen LogP contribution in [0.5, 0.6) is 0 Å². The van der Waals surface area contributed by atoms with Gasteiger partial charge in [-0.05, 0) is 18.9 Å². The van der Waals surface area contributed by atoms with Crippen LogP contribution in [0.25, 0.3) is 0 Å². The fourth-order valence-electron chi connectivity index (χ4n) is 3.08. The molecule has 3 rings (SSSR count). The SMILES string of the molecule is CCC1CCN(CC2Cc3nc[nH]c3CN2)C1. The molecule has 0 radical (unpaired) electrons. The van der Waals surface area contributed by atoms with Crippen molar-refractivity contribution in [2.45, 2.75) is 38.8 Å². The van der Waals surface area contributed by atoms with Crippen molar-refractivity contribution >= 4 is 0 Å². The van der Waals surface area contributed by atoms with Gasteiger partial charge in [0.25, 0.3) is 0 Å². The van der Waals surface area contributed by atoms with Crippen molar-refractivity contribution in [3.05, 3.63) is 17.7 Å². The highest BCUT2D eigenvalue weighted by Crippen LogP contribution is 2.20. The van der Waals surface area contributed by atoms with Crippen LogP contribution in [-0.2, 0) is 13.0 Å². The molecule has 0 aliphatic carbocycles. The highest BCUT2D eigenvalue weighted by Gasteiger charge is 2.26. The van der Waals surface area contributed by atoms with E-state index in [2.05, 4.69) is 27.1 Å². The van der Waals surface area contributed by atoms with E-state index < -0.39 is 0 Å². The van der Waals surface area contributed by atoms with Crippen molar-refractivity contribution in [2.24, 2.45) is 5.92 Å². The zero-order chi connectivity index (χ0) is 11.7. The van der Waals surface area contributed by atoms with Crippen LogP contribution in [0.3, 0.4) is 0 Å². The molecule has 2 unspecified atom stereocenters. The molecule has 94 valence electrons. The van der Waals surface area contributed by atoms with Gasteiger partial charge in [0.05, 0.1) is 17.7 Å². The van der Waals surface area contributed by atoms with Crippen LogP contribution < -0.4 is 5.32 Å². The molecule has 1 fully saturated rings. The largest absolute Gasteiger partial charge is 0.347 e. The number of hydrogen-bond donors (Lipinski definition) is 2. The number of hydrogen-bond acceptors (Lipinski definition) is 3. The number of nitrogens with one attached hydrogen (secondary N) is 2. The maximum atomic E-state index is 4.40. The van der Waals surface area contributed by atoms with E-state index in [1.165, 1.54) is 43.9 Å². The molecule has 2 aliphatic heterocycles. The number of H-pyrrole nitrogens is 1. The minimum Gasteiger partial charge on any atom is -0.347 e. The summed E-state index contributed by atoms with van der Waals surface area (Å²) in [5.41, 5.74) is 2.54. The van der Waals surface area contributed by atoms with E-state index >= 15 is 0 Å². The van der Waals surface area contributed by atoms with Crippen molar-refractivity contribution in [3.63, 3.8) is 0 Å². The van der Waals surface area contributed by atoms with E-state index in [4.69, 9.17) is 0 Å². The van der Waals surface area contributed by atoms with E-state index in [0.29, 0.717) is 6.04 Å². The Bertz CT molecular complexity index is 373. The average molecular weight is 234 g/mol. The molecule has 0 saturated carbocycles. The number of rotatable bonds is 3. The Morgan fingerprint density at radius 1 is 1.53 bits per heavy atom. The van der Waals surface area contributed by atoms with Crippen molar-refractivity contribution in [1.82, 2.24) is 20.2 Å². The highest BCUT2D eigenvalue weighted by molar-refractivity contribution is 5.16. The molecule has 2 N–H and O–H groups in total. The molecular weight excluding hydrogens is 212 g/mol. The molecule has 3 heterocycles. The summed E-state index contributed by atoms with van der Waals surface area (Å²) in [7, 11) is 0. The third kappa shape index (κ3) is 2.38. The second-order valence-corrected chi connectivity index (χ2v) is 5.43. The smallest absolute Gasteiger partial charge is 0.0925 e. The lowest BCUT2D eigenvalue weighted by Gasteiger charge is -2.27. The first-order valence-corrected chi connectivity index (χ1v) is 6.82. The average Bonchev–Trinajstić information content (AvgIpc) is 2.96. The predicted molar refractivity (Wildman–Crippen MR) is 67.8 cm³/mol. The molecule has 1 aromatic rings. The highest BCUT2D eigenvalue weighted by atomic mass is 15.2. The zero-order valence-electron chi connectivity index (χ0n) is 10.6. The maximum Gasteiger partial charge on any atom is 0.0925 e. The van der Waals surface area contributed by atoms with E-state index in [9.17, 15) is 0 Å². The van der Waals surface area contributed by atoms with E-state index in [0.717, 1.165) is 18.9 Å². The lowest BCUT2D eigenvalue weighted by atomic mass is 10.0. The molecule has 2 atom stereocenters. The first kappa shape index (κ1) is 11.2. The summed E-state index contributed by atoms with van der Waals surface area (Å²) < 4.78 is 0. The van der Waals surface area contributed by atoms with E-state index in [-0.39, 0.29) is 0 Å². The van der Waals surface area contributed by atoms with Gasteiger partial charge < -0.3 is 15.2 Å². The van der Waals surface area contributed by atoms with Crippen LogP contribution in [0, 0.1) is 5.92 Å². The van der Waals surface area contributed by atoms with Crippen LogP contribution in [0.2, 0.25) is 0 Å². The van der Waals surface area contributed by atoms with Gasteiger partial charge in [0, 0.05) is 32.1 Å². The predicted octanol–water partition coefficient (Wildman–Crippen LogP) is 1.16. The Balaban J connectivity index is 1.54.